The van der Waals surface area contributed by atoms with Crippen molar-refractivity contribution in [2.24, 2.45) is 0 Å². The molecule has 0 aliphatic carbocycles. The first-order chi connectivity index (χ1) is 14.4. The molecule has 2 heterocycles. The minimum absolute atomic E-state index is 0.0421. The molecule has 7 nitrogen and oxygen atoms in total. The first-order valence-corrected chi connectivity index (χ1v) is 10.8. The van der Waals surface area contributed by atoms with Crippen molar-refractivity contribution in [1.82, 2.24) is 9.38 Å². The van der Waals surface area contributed by atoms with Crippen molar-refractivity contribution in [3.05, 3.63) is 90.9 Å². The number of aryl methyl sites for hydroxylation is 1. The maximum atomic E-state index is 13.1. The summed E-state index contributed by atoms with van der Waals surface area (Å²) < 4.78 is 2.20. The van der Waals surface area contributed by atoms with Gasteiger partial charge >= 0.3 is 0 Å². The number of thiazole rings is 1. The van der Waals surface area contributed by atoms with Crippen molar-refractivity contribution >= 4 is 62.1 Å². The topological polar surface area (TPSA) is 92.6 Å². The van der Waals surface area contributed by atoms with Crippen molar-refractivity contribution in [3.8, 4) is 0 Å². The third-order valence-corrected chi connectivity index (χ3v) is 5.96. The number of aromatic nitrogens is 2. The van der Waals surface area contributed by atoms with E-state index in [1.807, 2.05) is 18.2 Å². The fraction of sp³-hybridized carbons (Fsp3) is 0.0476. The normalized spacial score (nSPS) is 10.7. The Morgan fingerprint density at radius 2 is 1.60 bits per heavy atom. The molecule has 0 saturated heterocycles. The van der Waals surface area contributed by atoms with E-state index in [1.54, 1.807) is 43.3 Å². The van der Waals surface area contributed by atoms with Crippen LogP contribution < -0.4 is 16.2 Å². The minimum atomic E-state index is -0.562. The summed E-state index contributed by atoms with van der Waals surface area (Å²) in [5, 5.41) is 5.53. The Hall–Kier alpha value is -3.05. The van der Waals surface area contributed by atoms with Crippen LogP contribution >= 0.6 is 33.9 Å². The molecule has 0 spiro atoms. The van der Waals surface area contributed by atoms with Gasteiger partial charge in [0.1, 0.15) is 10.6 Å². The number of nitrogens with one attached hydrogen (secondary N) is 2. The monoisotopic (exact) mass is 530 g/mol. The summed E-state index contributed by atoms with van der Waals surface area (Å²) >= 11 is 3.17. The minimum Gasteiger partial charge on any atom is -0.321 e. The van der Waals surface area contributed by atoms with Gasteiger partial charge in [-0.15, -0.1) is 0 Å². The van der Waals surface area contributed by atoms with Crippen molar-refractivity contribution in [2.75, 3.05) is 10.6 Å². The van der Waals surface area contributed by atoms with Crippen LogP contribution in [0.5, 0.6) is 0 Å². The van der Waals surface area contributed by atoms with E-state index in [0.717, 1.165) is 14.9 Å². The lowest BCUT2D eigenvalue weighted by Gasteiger charge is -2.08. The van der Waals surface area contributed by atoms with Crippen LogP contribution in [-0.4, -0.2) is 21.2 Å². The second-order valence-electron chi connectivity index (χ2n) is 6.41. The van der Waals surface area contributed by atoms with E-state index in [0.29, 0.717) is 17.1 Å². The standard InChI is InChI=1S/C21H15IN4O3S/c1-12-11-16(27)26-17(19(28)24-15-9-7-13(22)8-10-15)18(30-21(26)23-12)20(29)25-14-5-3-2-4-6-14/h2-11H,1H3,(H,24,28)(H,25,29). The molecule has 0 saturated carbocycles. The summed E-state index contributed by atoms with van der Waals surface area (Å²) in [5.74, 6) is -1.05. The van der Waals surface area contributed by atoms with E-state index < -0.39 is 17.4 Å². The lowest BCUT2D eigenvalue weighted by molar-refractivity contribution is 0.0989. The van der Waals surface area contributed by atoms with E-state index in [9.17, 15) is 14.4 Å². The highest BCUT2D eigenvalue weighted by Crippen LogP contribution is 2.24. The van der Waals surface area contributed by atoms with Gasteiger partial charge in [0.15, 0.2) is 4.96 Å². The molecule has 9 heteroatoms. The van der Waals surface area contributed by atoms with E-state index in [2.05, 4.69) is 38.2 Å². The van der Waals surface area contributed by atoms with Crippen molar-refractivity contribution in [3.63, 3.8) is 0 Å². The van der Waals surface area contributed by atoms with E-state index in [-0.39, 0.29) is 15.5 Å². The Morgan fingerprint density at radius 3 is 2.30 bits per heavy atom. The number of hydrogen-bond acceptors (Lipinski definition) is 5. The lowest BCUT2D eigenvalue weighted by Crippen LogP contribution is -2.25. The Bertz CT molecular complexity index is 1310. The maximum absolute atomic E-state index is 13.1. The van der Waals surface area contributed by atoms with Crippen molar-refractivity contribution in [1.29, 1.82) is 0 Å². The van der Waals surface area contributed by atoms with Crippen molar-refractivity contribution in [2.45, 2.75) is 6.92 Å². The maximum Gasteiger partial charge on any atom is 0.274 e. The molecule has 2 N–H and O–H groups in total. The molecule has 150 valence electrons. The predicted molar refractivity (Wildman–Crippen MR) is 126 cm³/mol. The molecule has 4 rings (SSSR count). The van der Waals surface area contributed by atoms with Gasteiger partial charge in [-0.2, -0.15) is 0 Å². The van der Waals surface area contributed by atoms with Crippen LogP contribution in [0.3, 0.4) is 0 Å². The largest absolute Gasteiger partial charge is 0.321 e. The molecule has 4 aromatic rings. The van der Waals surface area contributed by atoms with Gasteiger partial charge in [0.2, 0.25) is 0 Å². The Balaban J connectivity index is 1.80. The number of para-hydroxylation sites is 1. The van der Waals surface area contributed by atoms with Gasteiger partial charge in [0, 0.05) is 26.7 Å². The third kappa shape index (κ3) is 4.12. The summed E-state index contributed by atoms with van der Waals surface area (Å²) in [7, 11) is 0. The smallest absolute Gasteiger partial charge is 0.274 e. The predicted octanol–water partition coefficient (Wildman–Crippen LogP) is 4.17. The molecule has 30 heavy (non-hydrogen) atoms. The van der Waals surface area contributed by atoms with Crippen LogP contribution in [0, 0.1) is 10.5 Å². The zero-order valence-corrected chi connectivity index (χ0v) is 18.7. The van der Waals surface area contributed by atoms with Crippen molar-refractivity contribution < 1.29 is 9.59 Å². The summed E-state index contributed by atoms with van der Waals surface area (Å²) in [4.78, 5) is 43.4. The lowest BCUT2D eigenvalue weighted by atomic mass is 10.2. The van der Waals surface area contributed by atoms with Gasteiger partial charge in [-0.05, 0) is 65.9 Å². The highest BCUT2D eigenvalue weighted by atomic mass is 127. The number of benzene rings is 2. The third-order valence-electron chi connectivity index (χ3n) is 4.20. The molecule has 2 aromatic carbocycles. The summed E-state index contributed by atoms with van der Waals surface area (Å²) in [6.45, 7) is 1.69. The van der Waals surface area contributed by atoms with Gasteiger partial charge in [-0.3, -0.25) is 14.4 Å². The first kappa shape index (κ1) is 20.2. The fourth-order valence-corrected chi connectivity index (χ4v) is 4.31. The van der Waals surface area contributed by atoms with E-state index >= 15 is 0 Å². The number of halogens is 1. The Labute approximate surface area is 188 Å². The molecule has 0 aliphatic rings. The Kier molecular flexibility index (Phi) is 5.64. The average molecular weight is 530 g/mol. The van der Waals surface area contributed by atoms with Crippen LogP contribution in [0.25, 0.3) is 4.96 Å². The number of anilines is 2. The number of amides is 2. The molecule has 0 bridgehead atoms. The number of fused-ring (bicyclic) bond motifs is 1. The molecule has 2 amide bonds. The summed E-state index contributed by atoms with van der Waals surface area (Å²) in [6.07, 6.45) is 0. The van der Waals surface area contributed by atoms with Gasteiger partial charge in [-0.1, -0.05) is 29.5 Å². The van der Waals surface area contributed by atoms with Crippen LogP contribution in [0.1, 0.15) is 25.9 Å². The Morgan fingerprint density at radius 1 is 0.967 bits per heavy atom. The molecule has 0 unspecified atom stereocenters. The summed E-state index contributed by atoms with van der Waals surface area (Å²) in [6, 6.07) is 17.4. The zero-order valence-electron chi connectivity index (χ0n) is 15.7. The van der Waals surface area contributed by atoms with E-state index in [1.165, 1.54) is 10.5 Å². The second-order valence-corrected chi connectivity index (χ2v) is 8.64. The SMILES string of the molecule is Cc1cc(=O)n2c(C(=O)Nc3ccc(I)cc3)c(C(=O)Nc3ccccc3)sc2n1. The summed E-state index contributed by atoms with van der Waals surface area (Å²) in [5.41, 5.74) is 1.20. The molecule has 0 radical (unpaired) electrons. The van der Waals surface area contributed by atoms with E-state index in [4.69, 9.17) is 0 Å². The molecular formula is C21H15IN4O3S. The molecular weight excluding hydrogens is 515 g/mol. The van der Waals surface area contributed by atoms with Crippen LogP contribution in [0.15, 0.2) is 65.5 Å². The zero-order chi connectivity index (χ0) is 21.3. The highest BCUT2D eigenvalue weighted by molar-refractivity contribution is 14.1. The van der Waals surface area contributed by atoms with Gasteiger partial charge < -0.3 is 10.6 Å². The molecule has 0 aliphatic heterocycles. The first-order valence-electron chi connectivity index (χ1n) is 8.89. The molecule has 0 atom stereocenters. The van der Waals surface area contributed by atoms with Crippen LogP contribution in [0.2, 0.25) is 0 Å². The van der Waals surface area contributed by atoms with Gasteiger partial charge in [0.25, 0.3) is 17.4 Å². The number of hydrogen-bond donors (Lipinski definition) is 2. The molecule has 0 fully saturated rings. The quantitative estimate of drug-likeness (QED) is 0.388. The molecule has 2 aromatic heterocycles. The van der Waals surface area contributed by atoms with Crippen LogP contribution in [-0.2, 0) is 0 Å². The number of carbonyl (C=O) groups excluding carboxylic acids is 2. The fourth-order valence-electron chi connectivity index (χ4n) is 2.88. The van der Waals surface area contributed by atoms with Gasteiger partial charge in [0.05, 0.1) is 0 Å². The average Bonchev–Trinajstić information content (AvgIpc) is 3.10. The van der Waals surface area contributed by atoms with Gasteiger partial charge in [-0.25, -0.2) is 9.38 Å². The number of rotatable bonds is 4. The second kappa shape index (κ2) is 8.36. The highest BCUT2D eigenvalue weighted by Gasteiger charge is 2.26. The number of nitrogens with zero attached hydrogens (tertiary/aromatic N) is 2. The van der Waals surface area contributed by atoms with Crippen LogP contribution in [0.4, 0.5) is 11.4 Å². The number of carbonyl (C=O) groups is 2.